The number of methoxy groups -OCH3 is 1. The third kappa shape index (κ3) is 17.0. The Morgan fingerprint density at radius 2 is 1.51 bits per heavy atom. The van der Waals surface area contributed by atoms with Crippen molar-refractivity contribution in [3.05, 3.63) is 64.1 Å². The van der Waals surface area contributed by atoms with Crippen LogP contribution >= 0.6 is 15.9 Å². The van der Waals surface area contributed by atoms with E-state index in [1.807, 2.05) is 48.5 Å². The van der Waals surface area contributed by atoms with E-state index in [2.05, 4.69) is 49.8 Å². The summed E-state index contributed by atoms with van der Waals surface area (Å²) in [5, 5.41) is 11.3. The number of Topliss-reactive ketones (excluding diaryl/α,β-unsaturated/α-hetero) is 1. The maximum absolute atomic E-state index is 13.8. The van der Waals surface area contributed by atoms with Crippen LogP contribution in [0.4, 0.5) is 0 Å². The number of ether oxygens (including phenoxy) is 7. The monoisotopic (exact) mass is 850 g/mol. The van der Waals surface area contributed by atoms with Gasteiger partial charge in [0.2, 0.25) is 0 Å². The summed E-state index contributed by atoms with van der Waals surface area (Å²) in [6.07, 6.45) is 4.73. The molecule has 55 heavy (non-hydrogen) atoms. The summed E-state index contributed by atoms with van der Waals surface area (Å²) in [6, 6.07) is 15.8. The minimum Gasteiger partial charge on any atom is -0.497 e. The standard InChI is InChI=1S/C43H67BrO10Si/c1-43(2,3)55(5,6)54-38(28-37(52-41-15-9-11-22-50-41)21-24-48-30-33-13-7-8-14-40(33)44)26-34(45)25-35(46)27-39(53-42-16-10-12-23-51-42)31-49-29-32-17-19-36(47-4)20-18-32/h7-8,13-14,17-20,35,37-39,41-42,46H,9-12,15-16,21-31H2,1-6H3/t35-,37+,38-,39-,41?,42?/m1/s1. The number of hydrogen-bond donors (Lipinski definition) is 1. The number of rotatable bonds is 24. The van der Waals surface area contributed by atoms with Crippen LogP contribution in [0.3, 0.4) is 0 Å². The van der Waals surface area contributed by atoms with Gasteiger partial charge in [0.15, 0.2) is 20.9 Å². The highest BCUT2D eigenvalue weighted by Gasteiger charge is 2.40. The van der Waals surface area contributed by atoms with E-state index in [0.717, 1.165) is 59.9 Å². The lowest BCUT2D eigenvalue weighted by molar-refractivity contribution is -0.203. The number of aliphatic hydroxyl groups is 1. The fourth-order valence-corrected chi connectivity index (χ4v) is 8.33. The van der Waals surface area contributed by atoms with E-state index in [1.165, 1.54) is 0 Å². The Morgan fingerprint density at radius 1 is 0.855 bits per heavy atom. The van der Waals surface area contributed by atoms with E-state index >= 15 is 0 Å². The van der Waals surface area contributed by atoms with E-state index in [9.17, 15) is 9.90 Å². The number of carbonyl (C=O) groups is 1. The molecule has 0 amide bonds. The van der Waals surface area contributed by atoms with Gasteiger partial charge >= 0.3 is 0 Å². The molecule has 0 bridgehead atoms. The van der Waals surface area contributed by atoms with E-state index in [4.69, 9.17) is 37.6 Å². The highest BCUT2D eigenvalue weighted by atomic mass is 79.9. The van der Waals surface area contributed by atoms with E-state index in [1.54, 1.807) is 7.11 Å². The van der Waals surface area contributed by atoms with Gasteiger partial charge in [0, 0.05) is 43.6 Å². The van der Waals surface area contributed by atoms with Gasteiger partial charge in [-0.3, -0.25) is 4.79 Å². The van der Waals surface area contributed by atoms with Crippen LogP contribution in [0.25, 0.3) is 0 Å². The number of benzene rings is 2. The zero-order valence-corrected chi connectivity index (χ0v) is 36.7. The second-order valence-electron chi connectivity index (χ2n) is 16.5. The first kappa shape index (κ1) is 46.0. The summed E-state index contributed by atoms with van der Waals surface area (Å²) in [4.78, 5) is 13.8. The largest absolute Gasteiger partial charge is 0.497 e. The lowest BCUT2D eigenvalue weighted by Gasteiger charge is -2.40. The first-order valence-electron chi connectivity index (χ1n) is 20.2. The first-order chi connectivity index (χ1) is 26.3. The van der Waals surface area contributed by atoms with Crippen LogP contribution < -0.4 is 4.74 Å². The third-order valence-corrected chi connectivity index (χ3v) is 16.1. The molecule has 0 radical (unpaired) electrons. The zero-order valence-electron chi connectivity index (χ0n) is 34.1. The Balaban J connectivity index is 1.39. The van der Waals surface area contributed by atoms with Gasteiger partial charge in [0.25, 0.3) is 0 Å². The van der Waals surface area contributed by atoms with Crippen molar-refractivity contribution in [3.8, 4) is 5.75 Å². The molecule has 10 nitrogen and oxygen atoms in total. The molecule has 310 valence electrons. The molecule has 0 spiro atoms. The number of aliphatic hydroxyl groups excluding tert-OH is 1. The van der Waals surface area contributed by atoms with Crippen molar-refractivity contribution in [3.63, 3.8) is 0 Å². The molecule has 0 saturated carbocycles. The molecule has 2 heterocycles. The minimum atomic E-state index is -2.28. The van der Waals surface area contributed by atoms with Crippen LogP contribution in [0.2, 0.25) is 18.1 Å². The van der Waals surface area contributed by atoms with Crippen molar-refractivity contribution in [2.75, 3.05) is 33.5 Å². The van der Waals surface area contributed by atoms with E-state index < -0.39 is 20.5 Å². The fraction of sp³-hybridized carbons (Fsp3) is 0.698. The molecule has 2 aliphatic heterocycles. The van der Waals surface area contributed by atoms with Gasteiger partial charge in [-0.25, -0.2) is 0 Å². The normalized spacial score (nSPS) is 20.4. The third-order valence-electron chi connectivity index (χ3n) is 10.7. The molecule has 0 aliphatic carbocycles. The number of carbonyl (C=O) groups excluding carboxylic acids is 1. The van der Waals surface area contributed by atoms with Gasteiger partial charge in [0.05, 0.1) is 51.3 Å². The molecule has 0 aromatic heterocycles. The quantitative estimate of drug-likeness (QED) is 0.0811. The molecule has 6 atom stereocenters. The van der Waals surface area contributed by atoms with Gasteiger partial charge in [-0.2, -0.15) is 0 Å². The predicted octanol–water partition coefficient (Wildman–Crippen LogP) is 9.29. The highest BCUT2D eigenvalue weighted by Crippen LogP contribution is 2.38. The van der Waals surface area contributed by atoms with Crippen LogP contribution in [0.1, 0.15) is 103 Å². The van der Waals surface area contributed by atoms with Gasteiger partial charge in [-0.1, -0.05) is 67.0 Å². The minimum absolute atomic E-state index is 0.00640. The Morgan fingerprint density at radius 3 is 2.11 bits per heavy atom. The Kier molecular flexibility index (Phi) is 19.8. The number of hydrogen-bond acceptors (Lipinski definition) is 10. The van der Waals surface area contributed by atoms with Crippen molar-refractivity contribution >= 4 is 30.0 Å². The Labute approximate surface area is 339 Å². The van der Waals surface area contributed by atoms with E-state index in [0.29, 0.717) is 45.9 Å². The summed E-state index contributed by atoms with van der Waals surface area (Å²) in [5.74, 6) is 0.729. The van der Waals surface area contributed by atoms with Crippen molar-refractivity contribution in [1.82, 2.24) is 0 Å². The summed E-state index contributed by atoms with van der Waals surface area (Å²) in [7, 11) is -0.637. The van der Waals surface area contributed by atoms with Crippen LogP contribution in [-0.4, -0.2) is 89.7 Å². The molecule has 12 heteroatoms. The molecule has 1 N–H and O–H groups in total. The highest BCUT2D eigenvalue weighted by molar-refractivity contribution is 9.10. The zero-order chi connectivity index (χ0) is 39.7. The SMILES string of the molecule is COc1ccc(COC[C@@H](C[C@H](O)CC(=O)C[C@H](C[C@H](CCOCc2ccccc2Br)OC2CCCCO2)O[Si](C)(C)C(C)(C)C)OC2CCCCO2)cc1. The van der Waals surface area contributed by atoms with E-state index in [-0.39, 0.29) is 61.5 Å². The topological polar surface area (TPSA) is 111 Å². The van der Waals surface area contributed by atoms with Crippen molar-refractivity contribution in [1.29, 1.82) is 0 Å². The molecule has 2 aromatic rings. The van der Waals surface area contributed by atoms with Crippen LogP contribution in [0.5, 0.6) is 5.75 Å². The molecular formula is C43H67BrO10Si. The summed E-state index contributed by atoms with van der Waals surface area (Å²) in [6.45, 7) is 14.0. The van der Waals surface area contributed by atoms with Gasteiger partial charge in [-0.15, -0.1) is 0 Å². The molecule has 2 fully saturated rings. The maximum atomic E-state index is 13.8. The molecule has 2 unspecified atom stereocenters. The summed E-state index contributed by atoms with van der Waals surface area (Å²) >= 11 is 3.61. The average Bonchev–Trinajstić information content (AvgIpc) is 3.14. The van der Waals surface area contributed by atoms with Crippen molar-refractivity contribution < 1.29 is 47.5 Å². The molecule has 2 aliphatic rings. The lowest BCUT2D eigenvalue weighted by atomic mass is 9.99. The first-order valence-corrected chi connectivity index (χ1v) is 23.9. The predicted molar refractivity (Wildman–Crippen MR) is 220 cm³/mol. The average molecular weight is 852 g/mol. The second-order valence-corrected chi connectivity index (χ2v) is 22.1. The van der Waals surface area contributed by atoms with Crippen LogP contribution in [-0.2, 0) is 50.9 Å². The van der Waals surface area contributed by atoms with Crippen molar-refractivity contribution in [2.45, 2.75) is 160 Å². The fourth-order valence-electron chi connectivity index (χ4n) is 6.56. The van der Waals surface area contributed by atoms with Crippen LogP contribution in [0.15, 0.2) is 53.0 Å². The summed E-state index contributed by atoms with van der Waals surface area (Å²) < 4.78 is 50.2. The molecule has 2 saturated heterocycles. The van der Waals surface area contributed by atoms with Crippen molar-refractivity contribution in [2.24, 2.45) is 0 Å². The molecule has 4 rings (SSSR count). The smallest absolute Gasteiger partial charge is 0.192 e. The Hall–Kier alpha value is -1.71. The van der Waals surface area contributed by atoms with Gasteiger partial charge in [-0.05, 0) is 98.8 Å². The summed E-state index contributed by atoms with van der Waals surface area (Å²) in [5.41, 5.74) is 2.09. The molecular weight excluding hydrogens is 784 g/mol. The number of halogens is 1. The Bertz CT molecular complexity index is 1370. The maximum Gasteiger partial charge on any atom is 0.192 e. The number of ketones is 1. The van der Waals surface area contributed by atoms with Gasteiger partial charge < -0.3 is 42.7 Å². The lowest BCUT2D eigenvalue weighted by Crippen LogP contribution is -2.45. The van der Waals surface area contributed by atoms with Crippen LogP contribution in [0, 0.1) is 0 Å². The molecule has 2 aromatic carbocycles. The second kappa shape index (κ2) is 23.6. The van der Waals surface area contributed by atoms with Gasteiger partial charge in [0.1, 0.15) is 11.5 Å².